The first-order chi connectivity index (χ1) is 7.12. The average Bonchev–Trinajstić information content (AvgIpc) is 2.58. The molecule has 2 aliphatic rings. The van der Waals surface area contributed by atoms with Crippen molar-refractivity contribution >= 4 is 11.6 Å². The van der Waals surface area contributed by atoms with Crippen molar-refractivity contribution in [2.24, 2.45) is 0 Å². The molecule has 3 rings (SSSR count). The molecule has 0 N–H and O–H groups in total. The van der Waals surface area contributed by atoms with E-state index < -0.39 is 0 Å². The van der Waals surface area contributed by atoms with Crippen LogP contribution in [0.1, 0.15) is 18.9 Å². The van der Waals surface area contributed by atoms with Crippen LogP contribution in [0.4, 0.5) is 5.69 Å². The minimum Gasteiger partial charge on any atom is -0.302 e. The van der Waals surface area contributed by atoms with Gasteiger partial charge in [-0.25, -0.2) is 0 Å². The first-order valence-electron chi connectivity index (χ1n) is 5.22. The predicted molar refractivity (Wildman–Crippen MR) is 59.8 cm³/mol. The van der Waals surface area contributed by atoms with Gasteiger partial charge in [-0.05, 0) is 25.0 Å². The maximum Gasteiger partial charge on any atom is 0.254 e. The first-order valence-corrected chi connectivity index (χ1v) is 5.22. The van der Waals surface area contributed by atoms with Gasteiger partial charge in [-0.2, -0.15) is 0 Å². The molecule has 0 unspecified atom stereocenters. The van der Waals surface area contributed by atoms with Crippen LogP contribution in [0.25, 0.3) is 0 Å². The smallest absolute Gasteiger partial charge is 0.254 e. The zero-order valence-corrected chi connectivity index (χ0v) is 8.79. The van der Waals surface area contributed by atoms with Gasteiger partial charge in [0.1, 0.15) is 0 Å². The second-order valence-corrected chi connectivity index (χ2v) is 4.72. The fourth-order valence-corrected chi connectivity index (χ4v) is 2.85. The molecule has 15 heavy (non-hydrogen) atoms. The highest BCUT2D eigenvalue weighted by Gasteiger charge is 2.49. The highest BCUT2D eigenvalue weighted by atomic mass is 16.2. The number of carbonyl (C=O) groups is 1. The largest absolute Gasteiger partial charge is 0.302 e. The topological polar surface area (TPSA) is 20.3 Å². The molecule has 0 aliphatic carbocycles. The van der Waals surface area contributed by atoms with E-state index in [1.165, 1.54) is 5.56 Å². The van der Waals surface area contributed by atoms with Crippen LogP contribution in [0.3, 0.4) is 0 Å². The van der Waals surface area contributed by atoms with Crippen molar-refractivity contribution in [3.8, 4) is 0 Å². The lowest BCUT2D eigenvalue weighted by molar-refractivity contribution is -0.114. The molecule has 1 fully saturated rings. The Hall–Kier alpha value is -1.57. The lowest BCUT2D eigenvalue weighted by Gasteiger charge is -2.26. The van der Waals surface area contributed by atoms with Crippen LogP contribution in [0.2, 0.25) is 0 Å². The number of fused-ring (bicyclic) bond motifs is 3. The molecular weight excluding hydrogens is 186 g/mol. The van der Waals surface area contributed by atoms with Gasteiger partial charge in [0.05, 0.1) is 5.54 Å². The van der Waals surface area contributed by atoms with Crippen LogP contribution in [-0.4, -0.2) is 11.4 Å². The highest BCUT2D eigenvalue weighted by Crippen LogP contribution is 2.46. The van der Waals surface area contributed by atoms with Crippen LogP contribution in [0, 0.1) is 0 Å². The Morgan fingerprint density at radius 2 is 2.07 bits per heavy atom. The molecule has 1 atom stereocenters. The van der Waals surface area contributed by atoms with E-state index >= 15 is 0 Å². The molecule has 1 aromatic rings. The van der Waals surface area contributed by atoms with E-state index in [1.54, 1.807) is 0 Å². The van der Waals surface area contributed by atoms with Gasteiger partial charge >= 0.3 is 0 Å². The third-order valence-corrected chi connectivity index (χ3v) is 3.44. The number of rotatable bonds is 0. The molecule has 0 aromatic heterocycles. The Balaban J connectivity index is 2.19. The minimum atomic E-state index is -0.0577. The summed E-state index contributed by atoms with van der Waals surface area (Å²) in [6.45, 7) is 5.99. The van der Waals surface area contributed by atoms with Crippen LogP contribution in [0.5, 0.6) is 0 Å². The molecule has 0 bridgehead atoms. The minimum absolute atomic E-state index is 0.0577. The van der Waals surface area contributed by atoms with Crippen molar-refractivity contribution in [3.63, 3.8) is 0 Å². The van der Waals surface area contributed by atoms with Crippen molar-refractivity contribution in [3.05, 3.63) is 42.0 Å². The van der Waals surface area contributed by atoms with Crippen molar-refractivity contribution < 1.29 is 4.79 Å². The summed E-state index contributed by atoms with van der Waals surface area (Å²) < 4.78 is 0. The van der Waals surface area contributed by atoms with Crippen LogP contribution in [-0.2, 0) is 11.2 Å². The van der Waals surface area contributed by atoms with Gasteiger partial charge < -0.3 is 4.90 Å². The zero-order valence-electron chi connectivity index (χ0n) is 8.79. The summed E-state index contributed by atoms with van der Waals surface area (Å²) in [5.41, 5.74) is 3.04. The molecular formula is C13H13NO. The number of amides is 1. The number of benzene rings is 1. The van der Waals surface area contributed by atoms with Crippen molar-refractivity contribution in [2.45, 2.75) is 25.3 Å². The second-order valence-electron chi connectivity index (χ2n) is 4.72. The third-order valence-electron chi connectivity index (χ3n) is 3.44. The van der Waals surface area contributed by atoms with Gasteiger partial charge in [-0.1, -0.05) is 24.8 Å². The fraction of sp³-hybridized carbons (Fsp3) is 0.308. The predicted octanol–water partition coefficient (Wildman–Crippen LogP) is 2.29. The molecule has 1 amide bonds. The quantitative estimate of drug-likeness (QED) is 0.587. The van der Waals surface area contributed by atoms with E-state index in [4.69, 9.17) is 0 Å². The number of anilines is 1. The Morgan fingerprint density at radius 1 is 1.33 bits per heavy atom. The number of hydrogen-bond acceptors (Lipinski definition) is 1. The number of carbonyl (C=O) groups excluding carboxylic acids is 1. The van der Waals surface area contributed by atoms with Gasteiger partial charge in [-0.3, -0.25) is 4.79 Å². The van der Waals surface area contributed by atoms with Crippen LogP contribution < -0.4 is 4.90 Å². The lowest BCUT2D eigenvalue weighted by Crippen LogP contribution is -2.40. The molecule has 2 heteroatoms. The zero-order chi connectivity index (χ0) is 10.6. The Kier molecular flexibility index (Phi) is 1.46. The molecule has 76 valence electrons. The first kappa shape index (κ1) is 8.72. The summed E-state index contributed by atoms with van der Waals surface area (Å²) >= 11 is 0. The summed E-state index contributed by atoms with van der Waals surface area (Å²) in [5, 5.41) is 0. The lowest BCUT2D eigenvalue weighted by atomic mass is 9.93. The Morgan fingerprint density at radius 3 is 2.87 bits per heavy atom. The Labute approximate surface area is 89.2 Å². The van der Waals surface area contributed by atoms with Gasteiger partial charge in [0.2, 0.25) is 0 Å². The number of nitrogens with zero attached hydrogens (tertiary/aromatic N) is 1. The van der Waals surface area contributed by atoms with Gasteiger partial charge in [-0.15, -0.1) is 0 Å². The third kappa shape index (κ3) is 0.965. The SMILES string of the molecule is C=C1C[C@@]2(C)Cc3ccccc3N2C1=O. The van der Waals surface area contributed by atoms with Crippen LogP contribution >= 0.6 is 0 Å². The van der Waals surface area contributed by atoms with Crippen molar-refractivity contribution in [2.75, 3.05) is 4.90 Å². The van der Waals surface area contributed by atoms with E-state index in [2.05, 4.69) is 19.6 Å². The van der Waals surface area contributed by atoms with E-state index in [0.717, 1.165) is 24.1 Å². The summed E-state index contributed by atoms with van der Waals surface area (Å²) in [7, 11) is 0. The van der Waals surface area contributed by atoms with E-state index in [-0.39, 0.29) is 11.4 Å². The molecule has 1 saturated heterocycles. The van der Waals surface area contributed by atoms with Gasteiger partial charge in [0, 0.05) is 17.7 Å². The summed E-state index contributed by atoms with van der Waals surface area (Å²) in [6, 6.07) is 8.15. The highest BCUT2D eigenvalue weighted by molar-refractivity contribution is 6.10. The monoisotopic (exact) mass is 199 g/mol. The van der Waals surface area contributed by atoms with Gasteiger partial charge in [0.15, 0.2) is 0 Å². The normalized spacial score (nSPS) is 28.2. The van der Waals surface area contributed by atoms with Gasteiger partial charge in [0.25, 0.3) is 5.91 Å². The van der Waals surface area contributed by atoms with E-state index in [9.17, 15) is 4.79 Å². The molecule has 0 saturated carbocycles. The maximum absolute atomic E-state index is 12.0. The number of para-hydroxylation sites is 1. The molecule has 1 aromatic carbocycles. The molecule has 0 spiro atoms. The fourth-order valence-electron chi connectivity index (χ4n) is 2.85. The standard InChI is InChI=1S/C13H13NO/c1-9-7-13(2)8-10-5-3-4-6-11(10)14(13)12(9)15/h3-6H,1,7-8H2,2H3/t13-/m0/s1. The van der Waals surface area contributed by atoms with Crippen LogP contribution in [0.15, 0.2) is 36.4 Å². The number of hydrogen-bond donors (Lipinski definition) is 0. The summed E-state index contributed by atoms with van der Waals surface area (Å²) in [5.74, 6) is 0.0995. The molecule has 2 heterocycles. The second kappa shape index (κ2) is 2.51. The maximum atomic E-state index is 12.0. The van der Waals surface area contributed by atoms with Crippen molar-refractivity contribution in [1.29, 1.82) is 0 Å². The average molecular weight is 199 g/mol. The van der Waals surface area contributed by atoms with E-state index in [1.807, 2.05) is 23.1 Å². The summed E-state index contributed by atoms with van der Waals surface area (Å²) in [4.78, 5) is 13.9. The van der Waals surface area contributed by atoms with E-state index in [0.29, 0.717) is 0 Å². The van der Waals surface area contributed by atoms with Crippen molar-refractivity contribution in [1.82, 2.24) is 0 Å². The molecule has 2 aliphatic heterocycles. The summed E-state index contributed by atoms with van der Waals surface area (Å²) in [6.07, 6.45) is 1.74. The molecule has 0 radical (unpaired) electrons. The Bertz CT molecular complexity index is 477. The molecule has 2 nitrogen and oxygen atoms in total.